The van der Waals surface area contributed by atoms with Crippen LogP contribution in [-0.4, -0.2) is 63.6 Å². The van der Waals surface area contributed by atoms with Crippen molar-refractivity contribution in [1.82, 2.24) is 19.4 Å². The third-order valence-corrected chi connectivity index (χ3v) is 6.65. The van der Waals surface area contributed by atoms with Crippen molar-refractivity contribution in [2.45, 2.75) is 24.8 Å². The van der Waals surface area contributed by atoms with Gasteiger partial charge >= 0.3 is 0 Å². The van der Waals surface area contributed by atoms with Gasteiger partial charge in [0.25, 0.3) is 0 Å². The molecule has 0 radical (unpaired) electrons. The monoisotopic (exact) mass is 422 g/mol. The highest BCUT2D eigenvalue weighted by Gasteiger charge is 2.67. The number of methoxy groups -OCH3 is 1. The lowest BCUT2D eigenvalue weighted by molar-refractivity contribution is -0.143. The van der Waals surface area contributed by atoms with Crippen molar-refractivity contribution in [1.29, 1.82) is 0 Å². The lowest BCUT2D eigenvalue weighted by Gasteiger charge is -2.27. The number of hydrogen-bond acceptors (Lipinski definition) is 5. The molecule has 0 saturated carbocycles. The molecule has 8 nitrogen and oxygen atoms in total. The van der Waals surface area contributed by atoms with Gasteiger partial charge < -0.3 is 23.8 Å². The average Bonchev–Trinajstić information content (AvgIpc) is 3.50. The van der Waals surface area contributed by atoms with E-state index in [2.05, 4.69) is 4.98 Å². The van der Waals surface area contributed by atoms with E-state index in [-0.39, 0.29) is 17.9 Å². The van der Waals surface area contributed by atoms with Crippen LogP contribution < -0.4 is 4.74 Å². The van der Waals surface area contributed by atoms with Crippen LogP contribution >= 0.6 is 0 Å². The number of rotatable bonds is 6. The summed E-state index contributed by atoms with van der Waals surface area (Å²) in [4.78, 5) is 34.6. The van der Waals surface area contributed by atoms with Crippen LogP contribution in [0.15, 0.2) is 48.8 Å². The maximum atomic E-state index is 13.4. The Bertz CT molecular complexity index is 1060. The largest absolute Gasteiger partial charge is 0.497 e. The van der Waals surface area contributed by atoms with E-state index < -0.39 is 17.4 Å². The molecule has 8 heteroatoms. The Balaban J connectivity index is 1.36. The Morgan fingerprint density at radius 3 is 3.00 bits per heavy atom. The maximum Gasteiger partial charge on any atom is 0.230 e. The molecular formula is C23H26N4O4. The molecule has 3 aliphatic rings. The van der Waals surface area contributed by atoms with E-state index in [0.717, 1.165) is 17.1 Å². The lowest BCUT2D eigenvalue weighted by Crippen LogP contribution is -2.44. The standard InChI is InChI=1S/C23H26N4O4/c1-25-10-9-24-18(25)13-26(2)21(28)19-17-7-8-23(31-17)14-27(22(29)20(19)23)12-15-5-4-6-16(11-15)30-3/h4-11,17,19-20H,12-14H2,1-3H3/t17-,19?,20?,23-/m1/s1. The van der Waals surface area contributed by atoms with Crippen LogP contribution in [0.2, 0.25) is 0 Å². The molecule has 31 heavy (non-hydrogen) atoms. The van der Waals surface area contributed by atoms with E-state index in [0.29, 0.717) is 19.6 Å². The molecular weight excluding hydrogens is 396 g/mol. The van der Waals surface area contributed by atoms with Gasteiger partial charge in [0.2, 0.25) is 11.8 Å². The van der Waals surface area contributed by atoms with Crippen molar-refractivity contribution in [3.05, 3.63) is 60.2 Å². The Labute approximate surface area is 181 Å². The number of carbonyl (C=O) groups is 2. The number of benzene rings is 1. The van der Waals surface area contributed by atoms with Gasteiger partial charge in [0.15, 0.2) is 0 Å². The molecule has 0 N–H and O–H groups in total. The van der Waals surface area contributed by atoms with Gasteiger partial charge in [-0.3, -0.25) is 9.59 Å². The predicted molar refractivity (Wildman–Crippen MR) is 112 cm³/mol. The van der Waals surface area contributed by atoms with Gasteiger partial charge in [-0.2, -0.15) is 0 Å². The molecule has 1 aromatic carbocycles. The Hall–Kier alpha value is -3.13. The second-order valence-electron chi connectivity index (χ2n) is 8.59. The third-order valence-electron chi connectivity index (χ3n) is 6.65. The maximum absolute atomic E-state index is 13.4. The van der Waals surface area contributed by atoms with Crippen LogP contribution in [0, 0.1) is 11.8 Å². The number of amides is 2. The summed E-state index contributed by atoms with van der Waals surface area (Å²) in [6, 6.07) is 7.69. The zero-order valence-corrected chi connectivity index (χ0v) is 17.9. The van der Waals surface area contributed by atoms with Crippen molar-refractivity contribution in [3.8, 4) is 5.75 Å². The molecule has 1 spiro atoms. The molecule has 2 aromatic rings. The summed E-state index contributed by atoms with van der Waals surface area (Å²) in [5.41, 5.74) is 0.266. The molecule has 4 heterocycles. The molecule has 2 saturated heterocycles. The van der Waals surface area contributed by atoms with Crippen LogP contribution in [0.5, 0.6) is 5.75 Å². The van der Waals surface area contributed by atoms with Crippen LogP contribution in [0.4, 0.5) is 0 Å². The first kappa shape index (κ1) is 19.8. The highest BCUT2D eigenvalue weighted by Crippen LogP contribution is 2.52. The second-order valence-corrected chi connectivity index (χ2v) is 8.59. The number of aryl methyl sites for hydroxylation is 1. The van der Waals surface area contributed by atoms with Gasteiger partial charge in [-0.25, -0.2) is 4.98 Å². The van der Waals surface area contributed by atoms with Gasteiger partial charge in [-0.1, -0.05) is 24.3 Å². The molecule has 2 bridgehead atoms. The first-order chi connectivity index (χ1) is 14.9. The fraction of sp³-hybridized carbons (Fsp3) is 0.435. The first-order valence-electron chi connectivity index (χ1n) is 10.4. The van der Waals surface area contributed by atoms with Gasteiger partial charge in [0, 0.05) is 33.0 Å². The smallest absolute Gasteiger partial charge is 0.230 e. The van der Waals surface area contributed by atoms with E-state index in [9.17, 15) is 9.59 Å². The van der Waals surface area contributed by atoms with E-state index in [1.807, 2.05) is 54.2 Å². The van der Waals surface area contributed by atoms with Gasteiger partial charge in [0.05, 0.1) is 38.1 Å². The second kappa shape index (κ2) is 7.23. The predicted octanol–water partition coefficient (Wildman–Crippen LogP) is 1.37. The number of fused-ring (bicyclic) bond motifs is 1. The Morgan fingerprint density at radius 1 is 1.42 bits per heavy atom. The van der Waals surface area contributed by atoms with Crippen LogP contribution in [0.1, 0.15) is 11.4 Å². The van der Waals surface area contributed by atoms with Crippen molar-refractivity contribution >= 4 is 11.8 Å². The summed E-state index contributed by atoms with van der Waals surface area (Å²) in [6.07, 6.45) is 7.13. The van der Waals surface area contributed by atoms with Gasteiger partial charge in [0.1, 0.15) is 17.2 Å². The summed E-state index contributed by atoms with van der Waals surface area (Å²) in [6.45, 7) is 1.30. The van der Waals surface area contributed by atoms with Crippen LogP contribution in [0.25, 0.3) is 0 Å². The molecule has 5 rings (SSSR count). The molecule has 4 atom stereocenters. The number of nitrogens with zero attached hydrogens (tertiary/aromatic N) is 4. The first-order valence-corrected chi connectivity index (χ1v) is 10.4. The summed E-state index contributed by atoms with van der Waals surface area (Å²) in [5.74, 6) is 0.424. The normalized spacial score (nSPS) is 28.3. The number of aromatic nitrogens is 2. The van der Waals surface area contributed by atoms with Crippen LogP contribution in [-0.2, 0) is 34.5 Å². The Kier molecular flexibility index (Phi) is 4.62. The summed E-state index contributed by atoms with van der Waals surface area (Å²) in [7, 11) is 5.28. The highest BCUT2D eigenvalue weighted by molar-refractivity contribution is 5.93. The number of hydrogen-bond donors (Lipinski definition) is 0. The quantitative estimate of drug-likeness (QED) is 0.658. The third kappa shape index (κ3) is 3.13. The zero-order valence-electron chi connectivity index (χ0n) is 17.9. The lowest BCUT2D eigenvalue weighted by atomic mass is 9.76. The molecule has 162 valence electrons. The minimum atomic E-state index is -0.717. The van der Waals surface area contributed by atoms with E-state index in [4.69, 9.17) is 9.47 Å². The molecule has 0 aliphatic carbocycles. The zero-order chi connectivity index (χ0) is 21.8. The molecule has 3 aliphatic heterocycles. The van der Waals surface area contributed by atoms with Crippen molar-refractivity contribution in [2.75, 3.05) is 20.7 Å². The minimum absolute atomic E-state index is 0.0292. The number of likely N-dealkylation sites (tertiary alicyclic amines) is 1. The fourth-order valence-corrected chi connectivity index (χ4v) is 5.08. The fourth-order valence-electron chi connectivity index (χ4n) is 5.08. The van der Waals surface area contributed by atoms with Gasteiger partial charge in [-0.15, -0.1) is 0 Å². The van der Waals surface area contributed by atoms with E-state index in [1.54, 1.807) is 30.2 Å². The van der Waals surface area contributed by atoms with Crippen molar-refractivity contribution < 1.29 is 19.1 Å². The minimum Gasteiger partial charge on any atom is -0.497 e. The van der Waals surface area contributed by atoms with Crippen LogP contribution in [0.3, 0.4) is 0 Å². The van der Waals surface area contributed by atoms with Crippen molar-refractivity contribution in [3.63, 3.8) is 0 Å². The molecule has 1 aromatic heterocycles. The summed E-state index contributed by atoms with van der Waals surface area (Å²) >= 11 is 0. The van der Waals surface area contributed by atoms with E-state index >= 15 is 0 Å². The highest BCUT2D eigenvalue weighted by atomic mass is 16.5. The molecule has 2 fully saturated rings. The van der Waals surface area contributed by atoms with E-state index in [1.165, 1.54) is 0 Å². The SMILES string of the molecule is COc1cccc(CN2C[C@@]34C=C[C@@H](O3)C(C(=O)N(C)Cc3nccn3C)C4C2=O)c1. The molecule has 2 unspecified atom stereocenters. The Morgan fingerprint density at radius 2 is 2.26 bits per heavy atom. The number of ether oxygens (including phenoxy) is 2. The number of imidazole rings is 1. The topological polar surface area (TPSA) is 76.9 Å². The van der Waals surface area contributed by atoms with Crippen molar-refractivity contribution in [2.24, 2.45) is 18.9 Å². The number of carbonyl (C=O) groups excluding carboxylic acids is 2. The summed E-state index contributed by atoms with van der Waals surface area (Å²) < 4.78 is 13.4. The van der Waals surface area contributed by atoms with Gasteiger partial charge in [-0.05, 0) is 17.7 Å². The summed E-state index contributed by atoms with van der Waals surface area (Å²) in [5, 5.41) is 0. The molecule has 2 amide bonds. The average molecular weight is 422 g/mol.